The number of halogens is 1. The number of imide groups is 1. The molecule has 0 saturated heterocycles. The van der Waals surface area contributed by atoms with Gasteiger partial charge in [-0.1, -0.05) is 23.4 Å². The number of carbonyl (C=O) groups is 2. The Morgan fingerprint density at radius 1 is 1.27 bits per heavy atom. The lowest BCUT2D eigenvalue weighted by Gasteiger charge is -2.10. The molecule has 0 saturated carbocycles. The number of hydrogen-bond donors (Lipinski definition) is 2. The van der Waals surface area contributed by atoms with Gasteiger partial charge in [-0.3, -0.25) is 14.7 Å². The van der Waals surface area contributed by atoms with Gasteiger partial charge in [-0.25, -0.2) is 4.79 Å². The van der Waals surface area contributed by atoms with Gasteiger partial charge in [0, 0.05) is 24.2 Å². The van der Waals surface area contributed by atoms with Crippen molar-refractivity contribution in [3.63, 3.8) is 0 Å². The summed E-state index contributed by atoms with van der Waals surface area (Å²) in [6.45, 7) is 3.22. The van der Waals surface area contributed by atoms with E-state index in [4.69, 9.17) is 16.3 Å². The van der Waals surface area contributed by atoms with Gasteiger partial charge < -0.3 is 10.1 Å². The van der Waals surface area contributed by atoms with E-state index in [1.54, 1.807) is 26.2 Å². The van der Waals surface area contributed by atoms with Crippen molar-refractivity contribution in [1.82, 2.24) is 25.4 Å². The molecule has 1 heterocycles. The van der Waals surface area contributed by atoms with Crippen molar-refractivity contribution >= 4 is 35.3 Å². The number of urea groups is 1. The number of rotatable bonds is 8. The number of ether oxygens (including phenoxy) is 1. The molecule has 140 valence electrons. The molecule has 2 N–H and O–H groups in total. The minimum absolute atomic E-state index is 0.0445. The molecule has 0 aliphatic carbocycles. The van der Waals surface area contributed by atoms with Gasteiger partial charge in [0.25, 0.3) is 0 Å². The molecule has 0 radical (unpaired) electrons. The normalized spacial score (nSPS) is 10.6. The van der Waals surface area contributed by atoms with E-state index in [-0.39, 0.29) is 5.75 Å². The minimum Gasteiger partial charge on any atom is -0.383 e. The van der Waals surface area contributed by atoms with Crippen LogP contribution in [0.1, 0.15) is 6.92 Å². The first-order chi connectivity index (χ1) is 12.5. The number of hydrogen-bond acceptors (Lipinski definition) is 6. The maximum atomic E-state index is 11.9. The summed E-state index contributed by atoms with van der Waals surface area (Å²) in [4.78, 5) is 23.2. The fourth-order valence-corrected chi connectivity index (χ4v) is 2.98. The Morgan fingerprint density at radius 3 is 2.65 bits per heavy atom. The maximum absolute atomic E-state index is 11.9. The van der Waals surface area contributed by atoms with Crippen LogP contribution in [0, 0.1) is 0 Å². The van der Waals surface area contributed by atoms with E-state index in [9.17, 15) is 9.59 Å². The molecule has 10 heteroatoms. The van der Waals surface area contributed by atoms with Crippen LogP contribution in [0.3, 0.4) is 0 Å². The van der Waals surface area contributed by atoms with Crippen LogP contribution in [0.2, 0.25) is 5.02 Å². The Labute approximate surface area is 160 Å². The highest BCUT2D eigenvalue weighted by atomic mass is 35.5. The van der Waals surface area contributed by atoms with Gasteiger partial charge >= 0.3 is 6.03 Å². The molecular formula is C16H20ClN5O3S. The summed E-state index contributed by atoms with van der Waals surface area (Å²) < 4.78 is 7.02. The zero-order valence-corrected chi connectivity index (χ0v) is 16.1. The van der Waals surface area contributed by atoms with Crippen LogP contribution in [0.25, 0.3) is 11.4 Å². The van der Waals surface area contributed by atoms with E-state index in [1.807, 2.05) is 16.7 Å². The smallest absolute Gasteiger partial charge is 0.321 e. The molecule has 8 nitrogen and oxygen atoms in total. The number of aromatic nitrogens is 3. The summed E-state index contributed by atoms with van der Waals surface area (Å²) in [7, 11) is 1.61. The zero-order valence-electron chi connectivity index (χ0n) is 14.5. The Kier molecular flexibility index (Phi) is 7.89. The van der Waals surface area contributed by atoms with Crippen molar-refractivity contribution in [2.75, 3.05) is 26.0 Å². The first kappa shape index (κ1) is 20.2. The van der Waals surface area contributed by atoms with E-state index < -0.39 is 11.9 Å². The van der Waals surface area contributed by atoms with Crippen molar-refractivity contribution in [3.05, 3.63) is 29.3 Å². The standard InChI is InChI=1S/C16H20ClN5O3S/c1-3-18-15(24)19-13(23)10-26-16-21-20-14(22(16)8-9-25-2)11-4-6-12(17)7-5-11/h4-7H,3,8-10H2,1-2H3,(H2,18,19,23,24). The van der Waals surface area contributed by atoms with E-state index in [0.29, 0.717) is 35.7 Å². The Hall–Kier alpha value is -2.10. The molecule has 26 heavy (non-hydrogen) atoms. The molecular weight excluding hydrogens is 378 g/mol. The second kappa shape index (κ2) is 10.1. The van der Waals surface area contributed by atoms with Crippen LogP contribution in [0.15, 0.2) is 29.4 Å². The van der Waals surface area contributed by atoms with Crippen LogP contribution in [0.4, 0.5) is 4.79 Å². The molecule has 3 amide bonds. The van der Waals surface area contributed by atoms with Gasteiger partial charge in [-0.05, 0) is 31.2 Å². The average Bonchev–Trinajstić information content (AvgIpc) is 3.01. The monoisotopic (exact) mass is 397 g/mol. The highest BCUT2D eigenvalue weighted by Gasteiger charge is 2.16. The second-order valence-corrected chi connectivity index (χ2v) is 6.53. The lowest BCUT2D eigenvalue weighted by Crippen LogP contribution is -2.40. The largest absolute Gasteiger partial charge is 0.383 e. The Bertz CT molecular complexity index is 751. The molecule has 2 aromatic rings. The van der Waals surface area contributed by atoms with Crippen LogP contribution in [-0.4, -0.2) is 52.7 Å². The molecule has 0 fully saturated rings. The fourth-order valence-electron chi connectivity index (χ4n) is 2.09. The van der Waals surface area contributed by atoms with Gasteiger partial charge in [0.2, 0.25) is 5.91 Å². The fraction of sp³-hybridized carbons (Fsp3) is 0.375. The minimum atomic E-state index is -0.513. The first-order valence-electron chi connectivity index (χ1n) is 7.93. The van der Waals surface area contributed by atoms with Crippen molar-refractivity contribution in [2.24, 2.45) is 0 Å². The number of benzene rings is 1. The van der Waals surface area contributed by atoms with Crippen LogP contribution >= 0.6 is 23.4 Å². The van der Waals surface area contributed by atoms with Crippen LogP contribution < -0.4 is 10.6 Å². The van der Waals surface area contributed by atoms with Gasteiger partial charge in [0.15, 0.2) is 11.0 Å². The molecule has 0 aliphatic heterocycles. The summed E-state index contributed by atoms with van der Waals surface area (Å²) in [6.07, 6.45) is 0. The third-order valence-corrected chi connectivity index (χ3v) is 4.48. The van der Waals surface area contributed by atoms with E-state index in [2.05, 4.69) is 20.8 Å². The third kappa shape index (κ3) is 5.72. The highest BCUT2D eigenvalue weighted by molar-refractivity contribution is 7.99. The summed E-state index contributed by atoms with van der Waals surface area (Å²) in [6, 6.07) is 6.75. The van der Waals surface area contributed by atoms with Gasteiger partial charge in [0.1, 0.15) is 0 Å². The SMILES string of the molecule is CCNC(=O)NC(=O)CSc1nnc(-c2ccc(Cl)cc2)n1CCOC. The van der Waals surface area contributed by atoms with Crippen molar-refractivity contribution in [1.29, 1.82) is 0 Å². The molecule has 0 atom stereocenters. The van der Waals surface area contributed by atoms with Gasteiger partial charge in [-0.2, -0.15) is 0 Å². The maximum Gasteiger partial charge on any atom is 0.321 e. The van der Waals surface area contributed by atoms with Crippen LogP contribution in [-0.2, 0) is 16.1 Å². The number of methoxy groups -OCH3 is 1. The quantitative estimate of drug-likeness (QED) is 0.662. The van der Waals surface area contributed by atoms with E-state index in [0.717, 1.165) is 5.56 Å². The molecule has 0 unspecified atom stereocenters. The van der Waals surface area contributed by atoms with Gasteiger partial charge in [0.05, 0.1) is 18.9 Å². The molecule has 1 aromatic carbocycles. The summed E-state index contributed by atoms with van der Waals surface area (Å²) in [5.74, 6) is 0.295. The van der Waals surface area contributed by atoms with Gasteiger partial charge in [-0.15, -0.1) is 10.2 Å². The zero-order chi connectivity index (χ0) is 18.9. The van der Waals surface area contributed by atoms with Crippen molar-refractivity contribution in [3.8, 4) is 11.4 Å². The molecule has 0 aliphatic rings. The van der Waals surface area contributed by atoms with Crippen molar-refractivity contribution < 1.29 is 14.3 Å². The molecule has 1 aromatic heterocycles. The van der Waals surface area contributed by atoms with Crippen LogP contribution in [0.5, 0.6) is 0 Å². The lowest BCUT2D eigenvalue weighted by molar-refractivity contribution is -0.117. The predicted octanol–water partition coefficient (Wildman–Crippen LogP) is 2.18. The molecule has 0 bridgehead atoms. The number of nitrogens with zero attached hydrogens (tertiary/aromatic N) is 3. The summed E-state index contributed by atoms with van der Waals surface area (Å²) in [5.41, 5.74) is 0.858. The second-order valence-electron chi connectivity index (χ2n) is 5.15. The number of thioether (sulfide) groups is 1. The van der Waals surface area contributed by atoms with E-state index in [1.165, 1.54) is 11.8 Å². The highest BCUT2D eigenvalue weighted by Crippen LogP contribution is 2.25. The summed E-state index contributed by atoms with van der Waals surface area (Å²) in [5, 5.41) is 14.3. The number of carbonyl (C=O) groups excluding carboxylic acids is 2. The first-order valence-corrected chi connectivity index (χ1v) is 9.30. The van der Waals surface area contributed by atoms with E-state index >= 15 is 0 Å². The molecule has 2 rings (SSSR count). The lowest BCUT2D eigenvalue weighted by atomic mass is 10.2. The van der Waals surface area contributed by atoms with Crippen molar-refractivity contribution in [2.45, 2.75) is 18.6 Å². The Balaban J connectivity index is 2.11. The average molecular weight is 398 g/mol. The Morgan fingerprint density at radius 2 is 2.00 bits per heavy atom. The topological polar surface area (TPSA) is 98.1 Å². The third-order valence-electron chi connectivity index (χ3n) is 3.26. The number of nitrogens with one attached hydrogen (secondary N) is 2. The molecule has 0 spiro atoms. The number of amides is 3. The summed E-state index contributed by atoms with van der Waals surface area (Å²) >= 11 is 7.13. The predicted molar refractivity (Wildman–Crippen MR) is 100 cm³/mol.